The lowest BCUT2D eigenvalue weighted by Gasteiger charge is -2.38. The number of carbonyl (C=O) groups excluding carboxylic acids is 2. The van der Waals surface area contributed by atoms with Crippen LogP contribution in [-0.4, -0.2) is 80.8 Å². The van der Waals surface area contributed by atoms with Crippen molar-refractivity contribution in [2.75, 3.05) is 64.0 Å². The third-order valence-corrected chi connectivity index (χ3v) is 7.46. The molecule has 13 heteroatoms. The number of rotatable bonds is 7. The molecule has 2 aliphatic rings. The predicted molar refractivity (Wildman–Crippen MR) is 146 cm³/mol. The molecule has 1 atom stereocenters. The molecule has 40 heavy (non-hydrogen) atoms. The lowest BCUT2D eigenvalue weighted by atomic mass is 9.96. The summed E-state index contributed by atoms with van der Waals surface area (Å²) >= 11 is 6.08. The van der Waals surface area contributed by atoms with Gasteiger partial charge in [-0.1, -0.05) is 17.7 Å². The Morgan fingerprint density at radius 3 is 2.62 bits per heavy atom. The van der Waals surface area contributed by atoms with E-state index in [1.807, 2.05) is 0 Å². The number of halogens is 4. The highest BCUT2D eigenvalue weighted by atomic mass is 35.5. The summed E-state index contributed by atoms with van der Waals surface area (Å²) < 4.78 is 50.0. The second-order valence-corrected chi connectivity index (χ2v) is 10.4. The van der Waals surface area contributed by atoms with Crippen molar-refractivity contribution >= 4 is 34.9 Å². The third kappa shape index (κ3) is 7.70. The Morgan fingerprint density at radius 1 is 1.18 bits per heavy atom. The second-order valence-electron chi connectivity index (χ2n) is 9.98. The van der Waals surface area contributed by atoms with Crippen molar-refractivity contribution in [2.45, 2.75) is 25.1 Å². The Bertz CT molecular complexity index is 1210. The molecule has 218 valence electrons. The van der Waals surface area contributed by atoms with Crippen LogP contribution in [0.3, 0.4) is 0 Å². The first-order valence-corrected chi connectivity index (χ1v) is 13.4. The highest BCUT2D eigenvalue weighted by molar-refractivity contribution is 6.33. The van der Waals surface area contributed by atoms with Crippen molar-refractivity contribution in [3.63, 3.8) is 0 Å². The third-order valence-electron chi connectivity index (χ3n) is 7.14. The topological polar surface area (TPSA) is 109 Å². The quantitative estimate of drug-likeness (QED) is 0.419. The number of nitrogen functional groups attached to an aromatic ring is 1. The summed E-state index contributed by atoms with van der Waals surface area (Å²) in [4.78, 5) is 29.3. The number of nitrogens with two attached hydrogens (primary N) is 1. The van der Waals surface area contributed by atoms with Crippen LogP contribution in [0.1, 0.15) is 28.8 Å². The zero-order chi connectivity index (χ0) is 28.9. The number of hydrogen-bond acceptors (Lipinski definition) is 6. The van der Waals surface area contributed by atoms with Gasteiger partial charge in [0.05, 0.1) is 41.7 Å². The Kier molecular flexibility index (Phi) is 9.64. The maximum absolute atomic E-state index is 13.0. The van der Waals surface area contributed by atoms with Crippen LogP contribution in [0.2, 0.25) is 5.02 Å². The lowest BCUT2D eigenvalue weighted by molar-refractivity contribution is -0.137. The van der Waals surface area contributed by atoms with Crippen molar-refractivity contribution in [1.82, 2.24) is 15.1 Å². The number of nitrogens with one attached hydrogen (secondary N) is 2. The van der Waals surface area contributed by atoms with Gasteiger partial charge in [-0.3, -0.25) is 9.69 Å². The van der Waals surface area contributed by atoms with Crippen molar-refractivity contribution in [2.24, 2.45) is 5.92 Å². The maximum Gasteiger partial charge on any atom is 0.416 e. The van der Waals surface area contributed by atoms with E-state index in [1.54, 1.807) is 4.90 Å². The number of anilines is 2. The molecule has 2 saturated heterocycles. The number of carbonyl (C=O) groups is 2. The van der Waals surface area contributed by atoms with Gasteiger partial charge in [-0.05, 0) is 43.0 Å². The van der Waals surface area contributed by atoms with Gasteiger partial charge in [0, 0.05) is 51.0 Å². The molecule has 0 aromatic heterocycles. The molecule has 4 rings (SSSR count). The van der Waals surface area contributed by atoms with Gasteiger partial charge in [0.25, 0.3) is 5.91 Å². The molecule has 2 fully saturated rings. The SMILES string of the molecule is COc1cc(N)c(Cl)cc1C(=O)NCC1CN(CC2CCN(C(=O)Nc3cccc(C(F)(F)F)c3)CC2)CCO1. The molecule has 0 bridgehead atoms. The number of piperidine rings is 1. The summed E-state index contributed by atoms with van der Waals surface area (Å²) in [5.41, 5.74) is 5.72. The first-order valence-electron chi connectivity index (χ1n) is 13.0. The van der Waals surface area contributed by atoms with Gasteiger partial charge in [0.15, 0.2) is 0 Å². The van der Waals surface area contributed by atoms with E-state index in [9.17, 15) is 22.8 Å². The zero-order valence-electron chi connectivity index (χ0n) is 22.1. The maximum atomic E-state index is 13.0. The Balaban J connectivity index is 1.21. The molecule has 1 unspecified atom stereocenters. The average molecular weight is 584 g/mol. The second kappa shape index (κ2) is 13.0. The monoisotopic (exact) mass is 583 g/mol. The number of methoxy groups -OCH3 is 1. The molecule has 2 heterocycles. The Labute approximate surface area is 235 Å². The van der Waals surface area contributed by atoms with E-state index in [2.05, 4.69) is 15.5 Å². The molecule has 2 aromatic carbocycles. The first kappa shape index (κ1) is 29.8. The van der Waals surface area contributed by atoms with E-state index in [0.29, 0.717) is 55.7 Å². The minimum atomic E-state index is -4.47. The molecule has 9 nitrogen and oxygen atoms in total. The number of amides is 3. The van der Waals surface area contributed by atoms with E-state index in [4.69, 9.17) is 26.8 Å². The molecule has 3 amide bonds. The van der Waals surface area contributed by atoms with Gasteiger partial charge in [-0.15, -0.1) is 0 Å². The molecular formula is C27H33ClF3N5O4. The summed E-state index contributed by atoms with van der Waals surface area (Å²) in [6.45, 7) is 4.14. The number of morpholine rings is 1. The van der Waals surface area contributed by atoms with E-state index in [1.165, 1.54) is 31.4 Å². The van der Waals surface area contributed by atoms with Gasteiger partial charge in [-0.25, -0.2) is 4.79 Å². The molecule has 0 radical (unpaired) electrons. The fourth-order valence-corrected chi connectivity index (χ4v) is 5.11. The summed E-state index contributed by atoms with van der Waals surface area (Å²) in [5.74, 6) is 0.364. The van der Waals surface area contributed by atoms with E-state index >= 15 is 0 Å². The standard InChI is InChI=1S/C27H33ClF3N5O4/c1-39-24-13-23(32)22(28)12-21(24)25(37)33-14-20-16-35(9-10-40-20)15-17-5-7-36(8-6-17)26(38)34-19-4-2-3-18(11-19)27(29,30)31/h2-4,11-13,17,20H,5-10,14-16,32H2,1H3,(H,33,37)(H,34,38). The largest absolute Gasteiger partial charge is 0.496 e. The zero-order valence-corrected chi connectivity index (χ0v) is 22.9. The van der Waals surface area contributed by atoms with Gasteiger partial charge in [-0.2, -0.15) is 13.2 Å². The van der Waals surface area contributed by atoms with Crippen LogP contribution in [0.4, 0.5) is 29.3 Å². The highest BCUT2D eigenvalue weighted by Crippen LogP contribution is 2.31. The predicted octanol–water partition coefficient (Wildman–Crippen LogP) is 4.32. The molecular weight excluding hydrogens is 551 g/mol. The highest BCUT2D eigenvalue weighted by Gasteiger charge is 2.31. The van der Waals surface area contributed by atoms with Crippen LogP contribution in [0.5, 0.6) is 5.75 Å². The number of nitrogens with zero attached hydrogens (tertiary/aromatic N) is 2. The van der Waals surface area contributed by atoms with Crippen LogP contribution in [-0.2, 0) is 10.9 Å². The van der Waals surface area contributed by atoms with Gasteiger partial charge in [0.1, 0.15) is 5.75 Å². The Hall–Kier alpha value is -3.22. The van der Waals surface area contributed by atoms with Crippen molar-refractivity contribution in [3.05, 3.63) is 52.5 Å². The van der Waals surface area contributed by atoms with Crippen LogP contribution in [0, 0.1) is 5.92 Å². The number of urea groups is 1. The van der Waals surface area contributed by atoms with Crippen LogP contribution in [0.15, 0.2) is 36.4 Å². The number of benzene rings is 2. The smallest absolute Gasteiger partial charge is 0.416 e. The van der Waals surface area contributed by atoms with E-state index in [-0.39, 0.29) is 22.7 Å². The van der Waals surface area contributed by atoms with Gasteiger partial charge >= 0.3 is 12.2 Å². The van der Waals surface area contributed by atoms with E-state index < -0.39 is 17.8 Å². The molecule has 0 saturated carbocycles. The molecule has 2 aromatic rings. The van der Waals surface area contributed by atoms with Crippen molar-refractivity contribution in [3.8, 4) is 5.75 Å². The number of likely N-dealkylation sites (tertiary alicyclic amines) is 1. The summed E-state index contributed by atoms with van der Waals surface area (Å²) in [5, 5.41) is 5.73. The first-order chi connectivity index (χ1) is 19.0. The summed E-state index contributed by atoms with van der Waals surface area (Å²) in [7, 11) is 1.45. The minimum absolute atomic E-state index is 0.117. The fraction of sp³-hybridized carbons (Fsp3) is 0.481. The Morgan fingerprint density at radius 2 is 1.93 bits per heavy atom. The molecule has 2 aliphatic heterocycles. The summed E-state index contributed by atoms with van der Waals surface area (Å²) in [6.07, 6.45) is -3.09. The molecule has 0 spiro atoms. The fourth-order valence-electron chi connectivity index (χ4n) is 4.95. The lowest BCUT2D eigenvalue weighted by Crippen LogP contribution is -2.50. The van der Waals surface area contributed by atoms with Crippen LogP contribution in [0.25, 0.3) is 0 Å². The van der Waals surface area contributed by atoms with Crippen LogP contribution >= 0.6 is 11.6 Å². The van der Waals surface area contributed by atoms with Crippen LogP contribution < -0.4 is 21.1 Å². The van der Waals surface area contributed by atoms with E-state index in [0.717, 1.165) is 38.1 Å². The van der Waals surface area contributed by atoms with Crippen molar-refractivity contribution in [1.29, 1.82) is 0 Å². The van der Waals surface area contributed by atoms with Crippen molar-refractivity contribution < 1.29 is 32.2 Å². The molecule has 4 N–H and O–H groups in total. The number of ether oxygens (including phenoxy) is 2. The van der Waals surface area contributed by atoms with Gasteiger partial charge < -0.3 is 30.7 Å². The normalized spacial score (nSPS) is 18.8. The number of hydrogen-bond donors (Lipinski definition) is 3. The summed E-state index contributed by atoms with van der Waals surface area (Å²) in [6, 6.07) is 7.21. The average Bonchev–Trinajstić information content (AvgIpc) is 2.93. The molecule has 0 aliphatic carbocycles. The minimum Gasteiger partial charge on any atom is -0.496 e. The van der Waals surface area contributed by atoms with Gasteiger partial charge in [0.2, 0.25) is 0 Å². The number of alkyl halides is 3.